The molecular weight excluding hydrogens is 170 g/mol. The predicted octanol–water partition coefficient (Wildman–Crippen LogP) is 3.16. The third-order valence-corrected chi connectivity index (χ3v) is 4.17. The molecule has 0 aromatic carbocycles. The Morgan fingerprint density at radius 2 is 1.64 bits per heavy atom. The van der Waals surface area contributed by atoms with Crippen molar-refractivity contribution >= 4 is 0 Å². The zero-order valence-corrected chi connectivity index (χ0v) is 10.5. The van der Waals surface area contributed by atoms with Crippen LogP contribution in [0.4, 0.5) is 0 Å². The van der Waals surface area contributed by atoms with Crippen LogP contribution >= 0.6 is 0 Å². The molecule has 1 nitrogen and oxygen atoms in total. The molecule has 14 heavy (non-hydrogen) atoms. The molecule has 3 unspecified atom stereocenters. The molecule has 1 N–H and O–H groups in total. The van der Waals surface area contributed by atoms with Gasteiger partial charge in [-0.3, -0.25) is 0 Å². The fourth-order valence-corrected chi connectivity index (χ4v) is 2.78. The van der Waals surface area contributed by atoms with Gasteiger partial charge in [-0.15, -0.1) is 0 Å². The summed E-state index contributed by atoms with van der Waals surface area (Å²) in [6.07, 6.45) is 1.38. The molecule has 84 valence electrons. The molecule has 0 aromatic heterocycles. The molecule has 0 saturated carbocycles. The zero-order chi connectivity index (χ0) is 10.7. The molecular formula is C13H27N. The van der Waals surface area contributed by atoms with Crippen LogP contribution in [-0.2, 0) is 0 Å². The molecule has 1 saturated heterocycles. The maximum Gasteiger partial charge on any atom is -0.00153 e. The minimum atomic E-state index is 0.828. The van der Waals surface area contributed by atoms with Gasteiger partial charge in [-0.05, 0) is 49.1 Å². The molecule has 1 aliphatic rings. The largest absolute Gasteiger partial charge is 0.316 e. The van der Waals surface area contributed by atoms with Crippen LogP contribution in [0.25, 0.3) is 0 Å². The highest BCUT2D eigenvalue weighted by atomic mass is 14.9. The summed E-state index contributed by atoms with van der Waals surface area (Å²) in [7, 11) is 0. The Balaban J connectivity index is 2.62. The van der Waals surface area contributed by atoms with Crippen LogP contribution < -0.4 is 5.32 Å². The quantitative estimate of drug-likeness (QED) is 0.733. The van der Waals surface area contributed by atoms with Gasteiger partial charge in [0.2, 0.25) is 0 Å². The first-order chi connectivity index (χ1) is 6.54. The van der Waals surface area contributed by atoms with Crippen molar-refractivity contribution in [2.45, 2.75) is 41.0 Å². The summed E-state index contributed by atoms with van der Waals surface area (Å²) in [6, 6.07) is 0. The van der Waals surface area contributed by atoms with Crippen molar-refractivity contribution in [2.75, 3.05) is 13.1 Å². The molecule has 1 heterocycles. The highest BCUT2D eigenvalue weighted by Crippen LogP contribution is 2.35. The van der Waals surface area contributed by atoms with E-state index in [0.29, 0.717) is 0 Å². The van der Waals surface area contributed by atoms with Gasteiger partial charge in [-0.2, -0.15) is 0 Å². The van der Waals surface area contributed by atoms with Crippen molar-refractivity contribution in [3.63, 3.8) is 0 Å². The van der Waals surface area contributed by atoms with Crippen molar-refractivity contribution in [1.82, 2.24) is 5.32 Å². The molecule has 1 fully saturated rings. The maximum atomic E-state index is 3.54. The van der Waals surface area contributed by atoms with Crippen molar-refractivity contribution in [3.8, 4) is 0 Å². The first kappa shape index (κ1) is 12.0. The smallest absolute Gasteiger partial charge is 0.00153 e. The standard InChI is InChI=1S/C13H27N/c1-9(2)11(5)12-6-7-14-8-13(12)10(3)4/h9-14H,6-8H2,1-5H3. The molecule has 1 aliphatic heterocycles. The van der Waals surface area contributed by atoms with E-state index in [9.17, 15) is 0 Å². The number of piperidine rings is 1. The van der Waals surface area contributed by atoms with Crippen LogP contribution in [0.2, 0.25) is 0 Å². The average molecular weight is 197 g/mol. The molecule has 0 amide bonds. The van der Waals surface area contributed by atoms with E-state index < -0.39 is 0 Å². The van der Waals surface area contributed by atoms with Crippen LogP contribution in [0.3, 0.4) is 0 Å². The van der Waals surface area contributed by atoms with E-state index in [4.69, 9.17) is 0 Å². The van der Waals surface area contributed by atoms with Crippen molar-refractivity contribution in [2.24, 2.45) is 29.6 Å². The molecule has 0 spiro atoms. The van der Waals surface area contributed by atoms with Crippen molar-refractivity contribution < 1.29 is 0 Å². The molecule has 1 rings (SSSR count). The Morgan fingerprint density at radius 1 is 1.00 bits per heavy atom. The third kappa shape index (κ3) is 2.73. The Bertz CT molecular complexity index is 163. The summed E-state index contributed by atoms with van der Waals surface area (Å²) in [6.45, 7) is 14.4. The second kappa shape index (κ2) is 5.16. The topological polar surface area (TPSA) is 12.0 Å². The summed E-state index contributed by atoms with van der Waals surface area (Å²) in [4.78, 5) is 0. The summed E-state index contributed by atoms with van der Waals surface area (Å²) < 4.78 is 0. The Morgan fingerprint density at radius 3 is 2.14 bits per heavy atom. The van der Waals surface area contributed by atoms with Gasteiger partial charge >= 0.3 is 0 Å². The lowest BCUT2D eigenvalue weighted by Gasteiger charge is -2.40. The number of nitrogens with one attached hydrogen (secondary N) is 1. The van der Waals surface area contributed by atoms with Crippen LogP contribution in [-0.4, -0.2) is 13.1 Å². The number of hydrogen-bond donors (Lipinski definition) is 1. The van der Waals surface area contributed by atoms with E-state index in [1.54, 1.807) is 0 Å². The van der Waals surface area contributed by atoms with E-state index in [1.165, 1.54) is 19.5 Å². The molecule has 0 bridgehead atoms. The minimum absolute atomic E-state index is 0.828. The number of rotatable bonds is 3. The minimum Gasteiger partial charge on any atom is -0.316 e. The van der Waals surface area contributed by atoms with Crippen LogP contribution in [0.5, 0.6) is 0 Å². The predicted molar refractivity (Wildman–Crippen MR) is 63.3 cm³/mol. The van der Waals surface area contributed by atoms with E-state index in [1.807, 2.05) is 0 Å². The molecule has 0 aliphatic carbocycles. The Kier molecular flexibility index (Phi) is 4.43. The van der Waals surface area contributed by atoms with E-state index in [0.717, 1.165) is 29.6 Å². The zero-order valence-electron chi connectivity index (χ0n) is 10.5. The Labute approximate surface area is 89.7 Å². The average Bonchev–Trinajstić information content (AvgIpc) is 2.16. The molecule has 3 atom stereocenters. The van der Waals surface area contributed by atoms with E-state index in [-0.39, 0.29) is 0 Å². The second-order valence-electron chi connectivity index (χ2n) is 5.67. The van der Waals surface area contributed by atoms with Gasteiger partial charge in [0.05, 0.1) is 0 Å². The van der Waals surface area contributed by atoms with Gasteiger partial charge in [0, 0.05) is 0 Å². The molecule has 0 aromatic rings. The summed E-state index contributed by atoms with van der Waals surface area (Å²) in [5.74, 6) is 4.37. The van der Waals surface area contributed by atoms with Crippen molar-refractivity contribution in [1.29, 1.82) is 0 Å². The van der Waals surface area contributed by atoms with Gasteiger partial charge in [-0.25, -0.2) is 0 Å². The van der Waals surface area contributed by atoms with Gasteiger partial charge in [-0.1, -0.05) is 34.6 Å². The number of hydrogen-bond acceptors (Lipinski definition) is 1. The first-order valence-corrected chi connectivity index (χ1v) is 6.24. The summed E-state index contributed by atoms with van der Waals surface area (Å²) >= 11 is 0. The molecule has 1 heteroatoms. The lowest BCUT2D eigenvalue weighted by molar-refractivity contribution is 0.116. The van der Waals surface area contributed by atoms with Gasteiger partial charge < -0.3 is 5.32 Å². The maximum absolute atomic E-state index is 3.54. The van der Waals surface area contributed by atoms with E-state index >= 15 is 0 Å². The van der Waals surface area contributed by atoms with Crippen molar-refractivity contribution in [3.05, 3.63) is 0 Å². The second-order valence-corrected chi connectivity index (χ2v) is 5.67. The van der Waals surface area contributed by atoms with Gasteiger partial charge in [0.1, 0.15) is 0 Å². The summed E-state index contributed by atoms with van der Waals surface area (Å²) in [5, 5.41) is 3.54. The van der Waals surface area contributed by atoms with Crippen LogP contribution in [0.15, 0.2) is 0 Å². The van der Waals surface area contributed by atoms with Crippen LogP contribution in [0.1, 0.15) is 41.0 Å². The fraction of sp³-hybridized carbons (Fsp3) is 1.00. The lowest BCUT2D eigenvalue weighted by atomic mass is 9.70. The molecule has 0 radical (unpaired) electrons. The summed E-state index contributed by atoms with van der Waals surface area (Å²) in [5.41, 5.74) is 0. The van der Waals surface area contributed by atoms with Gasteiger partial charge in [0.25, 0.3) is 0 Å². The highest BCUT2D eigenvalue weighted by Gasteiger charge is 2.32. The van der Waals surface area contributed by atoms with E-state index in [2.05, 4.69) is 39.9 Å². The highest BCUT2D eigenvalue weighted by molar-refractivity contribution is 4.84. The monoisotopic (exact) mass is 197 g/mol. The van der Waals surface area contributed by atoms with Gasteiger partial charge in [0.15, 0.2) is 0 Å². The third-order valence-electron chi connectivity index (χ3n) is 4.17. The Hall–Kier alpha value is -0.0400. The SMILES string of the molecule is CC(C)C(C)C1CCNCC1C(C)C. The fourth-order valence-electron chi connectivity index (χ4n) is 2.78. The lowest BCUT2D eigenvalue weighted by Crippen LogP contribution is -2.42. The first-order valence-electron chi connectivity index (χ1n) is 6.24. The normalized spacial score (nSPS) is 31.1. The van der Waals surface area contributed by atoms with Crippen LogP contribution in [0, 0.1) is 29.6 Å².